The molecular weight excluding hydrogens is 385 g/mol. The molecule has 2 amide bonds. The number of hydrogen-bond acceptors (Lipinski definition) is 3. The summed E-state index contributed by atoms with van der Waals surface area (Å²) >= 11 is 0. The van der Waals surface area contributed by atoms with E-state index in [9.17, 15) is 22.8 Å². The number of aromatic nitrogens is 2. The number of hydrogen-bond donors (Lipinski definition) is 3. The van der Waals surface area contributed by atoms with E-state index in [4.69, 9.17) is 5.73 Å². The van der Waals surface area contributed by atoms with Crippen LogP contribution in [0.1, 0.15) is 37.5 Å². The number of H-pyrrole nitrogens is 1. The molecule has 0 unspecified atom stereocenters. The summed E-state index contributed by atoms with van der Waals surface area (Å²) in [6.45, 7) is 3.35. The molecule has 0 aliphatic heterocycles. The molecule has 3 aromatic rings. The van der Waals surface area contributed by atoms with Crippen LogP contribution in [0, 0.1) is 13.8 Å². The Kier molecular flexibility index (Phi) is 5.15. The molecular formula is C20H17F3N4O2. The zero-order valence-electron chi connectivity index (χ0n) is 15.5. The number of anilines is 1. The topological polar surface area (TPSA) is 101 Å². The summed E-state index contributed by atoms with van der Waals surface area (Å²) in [5.74, 6) is -1.12. The summed E-state index contributed by atoms with van der Waals surface area (Å²) in [5.41, 5.74) is 6.06. The number of nitrogens with two attached hydrogens (primary N) is 1. The van der Waals surface area contributed by atoms with Crippen LogP contribution < -0.4 is 11.1 Å². The van der Waals surface area contributed by atoms with E-state index in [0.29, 0.717) is 16.9 Å². The van der Waals surface area contributed by atoms with Crippen molar-refractivity contribution in [3.05, 3.63) is 70.5 Å². The Morgan fingerprint density at radius 2 is 1.83 bits per heavy atom. The fraction of sp³-hybridized carbons (Fsp3) is 0.150. The van der Waals surface area contributed by atoms with Gasteiger partial charge in [0.15, 0.2) is 0 Å². The van der Waals surface area contributed by atoms with E-state index in [2.05, 4.69) is 15.3 Å². The van der Waals surface area contributed by atoms with Crippen molar-refractivity contribution >= 4 is 17.5 Å². The number of halogens is 3. The Morgan fingerprint density at radius 1 is 1.10 bits per heavy atom. The molecule has 0 spiro atoms. The predicted molar refractivity (Wildman–Crippen MR) is 101 cm³/mol. The molecule has 29 heavy (non-hydrogen) atoms. The van der Waals surface area contributed by atoms with E-state index in [1.54, 1.807) is 13.8 Å². The summed E-state index contributed by atoms with van der Waals surface area (Å²) in [5, 5.41) is 2.54. The van der Waals surface area contributed by atoms with Crippen molar-refractivity contribution in [2.24, 2.45) is 5.73 Å². The summed E-state index contributed by atoms with van der Waals surface area (Å²) in [4.78, 5) is 30.8. The Morgan fingerprint density at radius 3 is 2.38 bits per heavy atom. The summed E-state index contributed by atoms with van der Waals surface area (Å²) in [7, 11) is 0. The highest BCUT2D eigenvalue weighted by molar-refractivity contribution is 6.05. The second kappa shape index (κ2) is 7.42. The fourth-order valence-corrected chi connectivity index (χ4v) is 2.84. The number of rotatable bonds is 4. The lowest BCUT2D eigenvalue weighted by atomic mass is 10.0. The van der Waals surface area contributed by atoms with Gasteiger partial charge in [-0.3, -0.25) is 9.59 Å². The van der Waals surface area contributed by atoms with Crippen molar-refractivity contribution in [1.29, 1.82) is 0 Å². The third kappa shape index (κ3) is 4.45. The lowest BCUT2D eigenvalue weighted by Crippen LogP contribution is -2.16. The maximum Gasteiger partial charge on any atom is 0.416 e. The van der Waals surface area contributed by atoms with Gasteiger partial charge in [0.25, 0.3) is 5.91 Å². The third-order valence-corrected chi connectivity index (χ3v) is 4.25. The fourth-order valence-electron chi connectivity index (χ4n) is 2.84. The monoisotopic (exact) mass is 402 g/mol. The van der Waals surface area contributed by atoms with Gasteiger partial charge >= 0.3 is 6.18 Å². The van der Waals surface area contributed by atoms with E-state index in [0.717, 1.165) is 12.1 Å². The van der Waals surface area contributed by atoms with Gasteiger partial charge in [-0.05, 0) is 55.8 Å². The van der Waals surface area contributed by atoms with Crippen LogP contribution in [-0.4, -0.2) is 21.8 Å². The molecule has 6 nitrogen and oxygen atoms in total. The second-order valence-electron chi connectivity index (χ2n) is 6.56. The molecule has 0 saturated heterocycles. The van der Waals surface area contributed by atoms with Crippen LogP contribution in [0.3, 0.4) is 0 Å². The number of aromatic amines is 1. The smallest absolute Gasteiger partial charge is 0.366 e. The molecule has 3 rings (SSSR count). The molecule has 0 saturated carbocycles. The summed E-state index contributed by atoms with van der Waals surface area (Å²) < 4.78 is 40.0. The number of carbonyl (C=O) groups excluding carboxylic acids is 2. The largest absolute Gasteiger partial charge is 0.416 e. The lowest BCUT2D eigenvalue weighted by molar-refractivity contribution is -0.137. The van der Waals surface area contributed by atoms with Gasteiger partial charge in [0, 0.05) is 34.3 Å². The number of nitrogens with one attached hydrogen (secondary N) is 2. The number of alkyl halides is 3. The van der Waals surface area contributed by atoms with Crippen LogP contribution in [-0.2, 0) is 6.18 Å². The predicted octanol–water partition coefficient (Wildman–Crippen LogP) is 4.06. The molecule has 150 valence electrons. The van der Waals surface area contributed by atoms with Gasteiger partial charge < -0.3 is 16.0 Å². The maximum atomic E-state index is 13.3. The number of benzene rings is 2. The van der Waals surface area contributed by atoms with E-state index in [1.807, 2.05) is 0 Å². The lowest BCUT2D eigenvalue weighted by Gasteiger charge is -2.12. The van der Waals surface area contributed by atoms with Gasteiger partial charge in [0.2, 0.25) is 5.91 Å². The van der Waals surface area contributed by atoms with Gasteiger partial charge in [-0.1, -0.05) is 0 Å². The molecule has 1 heterocycles. The quantitative estimate of drug-likeness (QED) is 0.613. The van der Waals surface area contributed by atoms with Crippen molar-refractivity contribution in [2.75, 3.05) is 5.32 Å². The Balaban J connectivity index is 1.97. The number of nitrogens with zero attached hydrogens (tertiary/aromatic N) is 1. The highest BCUT2D eigenvalue weighted by Gasteiger charge is 2.32. The molecule has 0 bridgehead atoms. The van der Waals surface area contributed by atoms with E-state index in [1.165, 1.54) is 30.5 Å². The zero-order chi connectivity index (χ0) is 21.3. The van der Waals surface area contributed by atoms with Crippen LogP contribution in [0.15, 0.2) is 42.6 Å². The normalized spacial score (nSPS) is 11.3. The molecule has 4 N–H and O–H groups in total. The van der Waals surface area contributed by atoms with Crippen LogP contribution in [0.4, 0.5) is 18.9 Å². The number of amides is 2. The number of imidazole rings is 1. The first-order valence-electron chi connectivity index (χ1n) is 8.50. The number of primary amides is 1. The minimum Gasteiger partial charge on any atom is -0.366 e. The second-order valence-corrected chi connectivity index (χ2v) is 6.56. The molecule has 0 aliphatic rings. The van der Waals surface area contributed by atoms with Crippen molar-refractivity contribution < 1.29 is 22.8 Å². The Hall–Kier alpha value is -3.62. The molecule has 0 atom stereocenters. The SMILES string of the molecule is Cc1cnc(-c2cc(C(=O)Nc3ccc(C(N)=O)c(C)c3)cc(C(F)(F)F)c2)[nH]1. The van der Waals surface area contributed by atoms with Gasteiger partial charge in [-0.2, -0.15) is 13.2 Å². The van der Waals surface area contributed by atoms with Crippen LogP contribution in [0.25, 0.3) is 11.4 Å². The standard InChI is InChI=1S/C20H17F3N4O2/c1-10-5-15(3-4-16(10)17(24)28)27-19(29)13-6-12(18-25-9-11(2)26-18)7-14(8-13)20(21,22)23/h3-9H,1-2H3,(H2,24,28)(H,25,26)(H,27,29). The Labute approximate surface area is 164 Å². The molecule has 1 aromatic heterocycles. The summed E-state index contributed by atoms with van der Waals surface area (Å²) in [6, 6.07) is 7.45. The van der Waals surface area contributed by atoms with Gasteiger partial charge in [0.1, 0.15) is 5.82 Å². The molecule has 9 heteroatoms. The average Bonchev–Trinajstić information content (AvgIpc) is 3.07. The average molecular weight is 402 g/mol. The summed E-state index contributed by atoms with van der Waals surface area (Å²) in [6.07, 6.45) is -3.15. The van der Waals surface area contributed by atoms with E-state index >= 15 is 0 Å². The van der Waals surface area contributed by atoms with Crippen molar-refractivity contribution in [3.63, 3.8) is 0 Å². The van der Waals surface area contributed by atoms with Crippen molar-refractivity contribution in [1.82, 2.24) is 9.97 Å². The van der Waals surface area contributed by atoms with Gasteiger partial charge in [-0.25, -0.2) is 4.98 Å². The first kappa shape index (κ1) is 20.1. The van der Waals surface area contributed by atoms with E-state index < -0.39 is 23.6 Å². The van der Waals surface area contributed by atoms with Crippen molar-refractivity contribution in [3.8, 4) is 11.4 Å². The number of aryl methyl sites for hydroxylation is 2. The molecule has 0 fully saturated rings. The third-order valence-electron chi connectivity index (χ3n) is 4.25. The zero-order valence-corrected chi connectivity index (χ0v) is 15.5. The maximum absolute atomic E-state index is 13.3. The van der Waals surface area contributed by atoms with Gasteiger partial charge in [-0.15, -0.1) is 0 Å². The van der Waals surface area contributed by atoms with Crippen LogP contribution in [0.2, 0.25) is 0 Å². The molecule has 0 radical (unpaired) electrons. The molecule has 2 aromatic carbocycles. The van der Waals surface area contributed by atoms with Crippen LogP contribution in [0.5, 0.6) is 0 Å². The van der Waals surface area contributed by atoms with E-state index in [-0.39, 0.29) is 22.5 Å². The first-order chi connectivity index (χ1) is 13.5. The van der Waals surface area contributed by atoms with Crippen molar-refractivity contribution in [2.45, 2.75) is 20.0 Å². The number of carbonyl (C=O) groups is 2. The Bertz CT molecular complexity index is 1100. The minimum absolute atomic E-state index is 0.137. The first-order valence-corrected chi connectivity index (χ1v) is 8.50. The van der Waals surface area contributed by atoms with Gasteiger partial charge in [0.05, 0.1) is 5.56 Å². The highest BCUT2D eigenvalue weighted by Crippen LogP contribution is 2.33. The minimum atomic E-state index is -4.63. The highest BCUT2D eigenvalue weighted by atomic mass is 19.4. The molecule has 0 aliphatic carbocycles. The van der Waals surface area contributed by atoms with Crippen LogP contribution >= 0.6 is 0 Å².